The molecule has 21 heavy (non-hydrogen) atoms. The number of rotatable bonds is 7. The van der Waals surface area contributed by atoms with E-state index in [9.17, 15) is 0 Å². The second-order valence-corrected chi connectivity index (χ2v) is 5.03. The van der Waals surface area contributed by atoms with Crippen LogP contribution in [0, 0.1) is 0 Å². The second-order valence-electron chi connectivity index (χ2n) is 5.03. The predicted octanol–water partition coefficient (Wildman–Crippen LogP) is 3.55. The lowest BCUT2D eigenvalue weighted by Crippen LogP contribution is -2.16. The van der Waals surface area contributed by atoms with Crippen LogP contribution in [0.5, 0.6) is 5.75 Å². The lowest BCUT2D eigenvalue weighted by atomic mass is 10.2. The van der Waals surface area contributed by atoms with E-state index < -0.39 is 0 Å². The highest BCUT2D eigenvalue weighted by Crippen LogP contribution is 2.19. The smallest absolute Gasteiger partial charge is 0.127 e. The quantitative estimate of drug-likeness (QED) is 0.844. The SMILES string of the molecule is CCCNc1cc(N(C)Cc2ccc(OC)cc2)ccn1. The minimum Gasteiger partial charge on any atom is -0.497 e. The van der Waals surface area contributed by atoms with E-state index in [4.69, 9.17) is 4.74 Å². The fourth-order valence-electron chi connectivity index (χ4n) is 2.10. The number of hydrogen-bond donors (Lipinski definition) is 1. The van der Waals surface area contributed by atoms with Gasteiger partial charge in [-0.05, 0) is 30.2 Å². The molecule has 0 radical (unpaired) electrons. The van der Waals surface area contributed by atoms with E-state index in [0.29, 0.717) is 0 Å². The predicted molar refractivity (Wildman–Crippen MR) is 88.1 cm³/mol. The summed E-state index contributed by atoms with van der Waals surface area (Å²) < 4.78 is 5.18. The molecular weight excluding hydrogens is 262 g/mol. The van der Waals surface area contributed by atoms with Crippen molar-refractivity contribution in [1.82, 2.24) is 4.98 Å². The van der Waals surface area contributed by atoms with E-state index in [1.165, 1.54) is 5.56 Å². The maximum absolute atomic E-state index is 5.18. The highest BCUT2D eigenvalue weighted by molar-refractivity contribution is 5.53. The summed E-state index contributed by atoms with van der Waals surface area (Å²) in [6, 6.07) is 12.3. The first-order valence-corrected chi connectivity index (χ1v) is 7.27. The number of anilines is 2. The third kappa shape index (κ3) is 4.38. The Bertz CT molecular complexity index is 554. The third-order valence-electron chi connectivity index (χ3n) is 3.32. The molecule has 0 saturated heterocycles. The van der Waals surface area contributed by atoms with Crippen LogP contribution in [0.4, 0.5) is 11.5 Å². The number of benzene rings is 1. The van der Waals surface area contributed by atoms with Crippen LogP contribution in [0.15, 0.2) is 42.6 Å². The Labute approximate surface area is 126 Å². The minimum absolute atomic E-state index is 0.848. The molecule has 2 aromatic rings. The van der Waals surface area contributed by atoms with E-state index in [-0.39, 0.29) is 0 Å². The van der Waals surface area contributed by atoms with Gasteiger partial charge in [-0.3, -0.25) is 0 Å². The number of nitrogens with zero attached hydrogens (tertiary/aromatic N) is 2. The fraction of sp³-hybridized carbons (Fsp3) is 0.353. The zero-order chi connectivity index (χ0) is 15.1. The van der Waals surface area contributed by atoms with Gasteiger partial charge in [0.25, 0.3) is 0 Å². The van der Waals surface area contributed by atoms with Crippen LogP contribution < -0.4 is 15.0 Å². The van der Waals surface area contributed by atoms with E-state index in [0.717, 1.165) is 36.8 Å². The molecule has 1 aromatic heterocycles. The molecule has 0 aliphatic heterocycles. The van der Waals surface area contributed by atoms with Crippen LogP contribution >= 0.6 is 0 Å². The summed E-state index contributed by atoms with van der Waals surface area (Å²) in [6.45, 7) is 3.94. The molecule has 0 aliphatic rings. The molecule has 1 N–H and O–H groups in total. The monoisotopic (exact) mass is 285 g/mol. The van der Waals surface area contributed by atoms with Crippen molar-refractivity contribution in [1.29, 1.82) is 0 Å². The standard InChI is InChI=1S/C17H23N3O/c1-4-10-18-17-12-15(9-11-19-17)20(2)13-14-5-7-16(21-3)8-6-14/h5-9,11-12H,4,10,13H2,1-3H3,(H,18,19). The molecule has 0 amide bonds. The van der Waals surface area contributed by atoms with Gasteiger partial charge in [0.05, 0.1) is 7.11 Å². The summed E-state index contributed by atoms with van der Waals surface area (Å²) in [5.74, 6) is 1.81. The van der Waals surface area contributed by atoms with Crippen molar-refractivity contribution in [3.05, 3.63) is 48.2 Å². The molecule has 1 aromatic carbocycles. The zero-order valence-corrected chi connectivity index (χ0v) is 13.0. The number of pyridine rings is 1. The van der Waals surface area contributed by atoms with Crippen LogP contribution in [-0.2, 0) is 6.54 Å². The molecule has 0 fully saturated rings. The van der Waals surface area contributed by atoms with Crippen LogP contribution in [0.1, 0.15) is 18.9 Å². The zero-order valence-electron chi connectivity index (χ0n) is 13.0. The van der Waals surface area contributed by atoms with Gasteiger partial charge in [-0.15, -0.1) is 0 Å². The van der Waals surface area contributed by atoms with Gasteiger partial charge in [-0.2, -0.15) is 0 Å². The Morgan fingerprint density at radius 2 is 1.95 bits per heavy atom. The van der Waals surface area contributed by atoms with Crippen molar-refractivity contribution >= 4 is 11.5 Å². The van der Waals surface area contributed by atoms with Gasteiger partial charge < -0.3 is 15.0 Å². The van der Waals surface area contributed by atoms with E-state index in [1.807, 2.05) is 24.4 Å². The molecule has 0 atom stereocenters. The van der Waals surface area contributed by atoms with Gasteiger partial charge in [0.1, 0.15) is 11.6 Å². The molecule has 4 nitrogen and oxygen atoms in total. The van der Waals surface area contributed by atoms with Crippen molar-refractivity contribution in [3.63, 3.8) is 0 Å². The second kappa shape index (κ2) is 7.53. The maximum Gasteiger partial charge on any atom is 0.127 e. The number of ether oxygens (including phenoxy) is 1. The Balaban J connectivity index is 2.03. The van der Waals surface area contributed by atoms with Crippen molar-refractivity contribution in [2.45, 2.75) is 19.9 Å². The van der Waals surface area contributed by atoms with Gasteiger partial charge in [0.15, 0.2) is 0 Å². The van der Waals surface area contributed by atoms with Crippen LogP contribution in [-0.4, -0.2) is 25.7 Å². The summed E-state index contributed by atoms with van der Waals surface area (Å²) in [7, 11) is 3.77. The Morgan fingerprint density at radius 3 is 2.62 bits per heavy atom. The van der Waals surface area contributed by atoms with E-state index in [1.54, 1.807) is 7.11 Å². The molecule has 1 heterocycles. The molecule has 0 spiro atoms. The highest BCUT2D eigenvalue weighted by Gasteiger charge is 2.04. The summed E-state index contributed by atoms with van der Waals surface area (Å²) in [5, 5.41) is 3.31. The van der Waals surface area contributed by atoms with E-state index in [2.05, 4.69) is 47.4 Å². The molecular formula is C17H23N3O. The number of aromatic nitrogens is 1. The fourth-order valence-corrected chi connectivity index (χ4v) is 2.10. The largest absolute Gasteiger partial charge is 0.497 e. The average Bonchev–Trinajstić information content (AvgIpc) is 2.54. The van der Waals surface area contributed by atoms with Crippen LogP contribution in [0.25, 0.3) is 0 Å². The molecule has 112 valence electrons. The van der Waals surface area contributed by atoms with Gasteiger partial charge in [-0.1, -0.05) is 19.1 Å². The lowest BCUT2D eigenvalue weighted by Gasteiger charge is -2.20. The Morgan fingerprint density at radius 1 is 1.19 bits per heavy atom. The molecule has 0 aliphatic carbocycles. The van der Waals surface area contributed by atoms with Gasteiger partial charge in [0.2, 0.25) is 0 Å². The number of hydrogen-bond acceptors (Lipinski definition) is 4. The molecule has 0 unspecified atom stereocenters. The van der Waals surface area contributed by atoms with E-state index >= 15 is 0 Å². The normalized spacial score (nSPS) is 10.2. The average molecular weight is 285 g/mol. The van der Waals surface area contributed by atoms with Gasteiger partial charge in [0, 0.05) is 38.1 Å². The molecule has 0 saturated carbocycles. The Kier molecular flexibility index (Phi) is 5.43. The Hall–Kier alpha value is -2.23. The summed E-state index contributed by atoms with van der Waals surface area (Å²) in [6.07, 6.45) is 2.94. The van der Waals surface area contributed by atoms with Crippen LogP contribution in [0.3, 0.4) is 0 Å². The van der Waals surface area contributed by atoms with Gasteiger partial charge >= 0.3 is 0 Å². The first kappa shape index (κ1) is 15.2. The first-order valence-electron chi connectivity index (χ1n) is 7.27. The summed E-state index contributed by atoms with van der Waals surface area (Å²) in [4.78, 5) is 6.54. The molecule has 4 heteroatoms. The minimum atomic E-state index is 0.848. The lowest BCUT2D eigenvalue weighted by molar-refractivity contribution is 0.414. The third-order valence-corrected chi connectivity index (χ3v) is 3.32. The van der Waals surface area contributed by atoms with Gasteiger partial charge in [-0.25, -0.2) is 4.98 Å². The molecule has 0 bridgehead atoms. The first-order chi connectivity index (χ1) is 10.2. The van der Waals surface area contributed by atoms with Crippen molar-refractivity contribution in [3.8, 4) is 5.75 Å². The van der Waals surface area contributed by atoms with Crippen molar-refractivity contribution in [2.24, 2.45) is 0 Å². The van der Waals surface area contributed by atoms with Crippen molar-refractivity contribution < 1.29 is 4.74 Å². The summed E-state index contributed by atoms with van der Waals surface area (Å²) in [5.41, 5.74) is 2.40. The molecule has 2 rings (SSSR count). The number of nitrogens with one attached hydrogen (secondary N) is 1. The summed E-state index contributed by atoms with van der Waals surface area (Å²) >= 11 is 0. The highest BCUT2D eigenvalue weighted by atomic mass is 16.5. The van der Waals surface area contributed by atoms with Crippen molar-refractivity contribution in [2.75, 3.05) is 30.9 Å². The van der Waals surface area contributed by atoms with Crippen LogP contribution in [0.2, 0.25) is 0 Å². The topological polar surface area (TPSA) is 37.4 Å². The maximum atomic E-state index is 5.18. The number of methoxy groups -OCH3 is 1.